The second-order valence-electron chi connectivity index (χ2n) is 9.96. The third kappa shape index (κ3) is 3.89. The van der Waals surface area contributed by atoms with E-state index in [0.29, 0.717) is 0 Å². The fraction of sp³-hybridized carbons (Fsp3) is 0.0286. The van der Waals surface area contributed by atoms with Crippen molar-refractivity contribution in [2.24, 2.45) is 0 Å². The van der Waals surface area contributed by atoms with Crippen LogP contribution in [-0.2, 0) is 13.4 Å². The predicted octanol–water partition coefficient (Wildman–Crippen LogP) is 9.79. The number of hydrogen-bond acceptors (Lipinski definition) is 1. The number of hydrogen-bond donors (Lipinski definition) is 1. The molecule has 0 saturated heterocycles. The second kappa shape index (κ2) is 9.49. The quantitative estimate of drug-likeness (QED) is 0.130. The summed E-state index contributed by atoms with van der Waals surface area (Å²) in [4.78, 5) is 2.85. The zero-order chi connectivity index (χ0) is 27.3. The van der Waals surface area contributed by atoms with Crippen molar-refractivity contribution in [3.63, 3.8) is 0 Å². The average molecular weight is 560 g/mol. The van der Waals surface area contributed by atoms with E-state index in [9.17, 15) is 8.76 Å². The molecule has 1 unspecified atom stereocenters. The fourth-order valence-electron chi connectivity index (χ4n) is 5.59. The lowest BCUT2D eigenvalue weighted by Crippen LogP contribution is -2.11. The fourth-order valence-corrected chi connectivity index (χ4v) is 11.0. The minimum absolute atomic E-state index is 0.286. The van der Waals surface area contributed by atoms with Crippen molar-refractivity contribution >= 4 is 52.7 Å². The van der Waals surface area contributed by atoms with Crippen LogP contribution in [0.5, 0.6) is 0 Å². The highest BCUT2D eigenvalue weighted by Gasteiger charge is 2.46. The van der Waals surface area contributed by atoms with E-state index in [1.54, 1.807) is 6.07 Å². The topological polar surface area (TPSA) is 48.6 Å². The van der Waals surface area contributed by atoms with Gasteiger partial charge in [0, 0.05) is 5.39 Å². The molecule has 7 aromatic carbocycles. The lowest BCUT2D eigenvalue weighted by atomic mass is 9.94. The van der Waals surface area contributed by atoms with E-state index in [2.05, 4.69) is 24.3 Å². The van der Waals surface area contributed by atoms with Gasteiger partial charge in [-0.3, -0.25) is 0 Å². The molecule has 0 amide bonds. The van der Waals surface area contributed by atoms with Crippen LogP contribution in [0.15, 0.2) is 159 Å². The Kier molecular flexibility index (Phi) is 5.90. The highest BCUT2D eigenvalue weighted by molar-refractivity contribution is 8.30. The van der Waals surface area contributed by atoms with Crippen LogP contribution in [0.2, 0.25) is 0 Å². The maximum absolute atomic E-state index is 14.7. The van der Waals surface area contributed by atoms with Crippen LogP contribution in [0.4, 0.5) is 0 Å². The largest absolute Gasteiger partial charge is 0.455 e. The number of rotatable bonds is 5. The summed E-state index contributed by atoms with van der Waals surface area (Å²) >= 11 is 0. The molecule has 1 N–H and O–H groups in total. The molecular weight excluding hydrogens is 533 g/mol. The third-order valence-electron chi connectivity index (χ3n) is 7.46. The van der Waals surface area contributed by atoms with Crippen molar-refractivity contribution in [2.75, 3.05) is 0 Å². The van der Waals surface area contributed by atoms with Gasteiger partial charge in [-0.05, 0) is 76.3 Å². The Bertz CT molecular complexity index is 2060. The lowest BCUT2D eigenvalue weighted by molar-refractivity contribution is 0.353. The molecule has 3 nitrogen and oxygen atoms in total. The van der Waals surface area contributed by atoms with Crippen molar-refractivity contribution in [3.8, 4) is 0 Å². The van der Waals surface area contributed by atoms with Crippen molar-refractivity contribution < 1.29 is 12.0 Å². The minimum Gasteiger partial charge on any atom is -0.241 e. The molecule has 0 aliphatic carbocycles. The summed E-state index contributed by atoms with van der Waals surface area (Å²) in [6.07, 6.45) is 0. The summed E-state index contributed by atoms with van der Waals surface area (Å²) in [5.74, 6) is 0. The zero-order valence-corrected chi connectivity index (χ0v) is 23.5. The molecule has 0 radical (unpaired) electrons. The van der Waals surface area contributed by atoms with Crippen LogP contribution in [0.3, 0.4) is 0 Å². The first-order chi connectivity index (χ1) is 19.5. The van der Waals surface area contributed by atoms with Crippen LogP contribution in [0, 0.1) is 6.92 Å². The summed E-state index contributed by atoms with van der Waals surface area (Å²) in [6, 6.07) is 45.8. The van der Waals surface area contributed by atoms with Crippen molar-refractivity contribution in [3.05, 3.63) is 145 Å². The summed E-state index contributed by atoms with van der Waals surface area (Å²) < 4.78 is 33.5. The van der Waals surface area contributed by atoms with Crippen molar-refractivity contribution in [1.82, 2.24) is 0 Å². The van der Waals surface area contributed by atoms with Crippen LogP contribution < -0.4 is 0 Å². The van der Waals surface area contributed by atoms with Crippen LogP contribution in [0.1, 0.15) is 5.56 Å². The maximum atomic E-state index is 14.7. The molecule has 196 valence electrons. The Labute approximate surface area is 235 Å². The molecule has 0 aliphatic rings. The predicted molar refractivity (Wildman–Crippen MR) is 166 cm³/mol. The van der Waals surface area contributed by atoms with Gasteiger partial charge in [-0.2, -0.15) is 0 Å². The molecule has 0 fully saturated rings. The SMILES string of the molecule is Cc1ccc(S([O+]=S(=O)(O)c2ccc3ccc4cccc5ccc2c3c45)(c2ccccc2)c2ccccc2)cc1. The van der Waals surface area contributed by atoms with Gasteiger partial charge in [0.25, 0.3) is 0 Å². The van der Waals surface area contributed by atoms with Gasteiger partial charge in [0.2, 0.25) is 0 Å². The van der Waals surface area contributed by atoms with Crippen LogP contribution in [0.25, 0.3) is 32.3 Å². The van der Waals surface area contributed by atoms with Gasteiger partial charge in [-0.25, -0.2) is 4.55 Å². The third-order valence-corrected chi connectivity index (χ3v) is 12.7. The molecule has 7 rings (SSSR count). The lowest BCUT2D eigenvalue weighted by Gasteiger charge is -2.26. The molecular formula is C35H27O3S2+. The van der Waals surface area contributed by atoms with Crippen LogP contribution >= 0.6 is 10.3 Å². The van der Waals surface area contributed by atoms with Gasteiger partial charge in [0.1, 0.15) is 0 Å². The summed E-state index contributed by atoms with van der Waals surface area (Å²) in [7, 11) is -6.62. The van der Waals surface area contributed by atoms with Gasteiger partial charge in [-0.15, -0.1) is 7.49 Å². The first-order valence-electron chi connectivity index (χ1n) is 13.1. The van der Waals surface area contributed by atoms with Gasteiger partial charge < -0.3 is 0 Å². The summed E-state index contributed by atoms with van der Waals surface area (Å²) in [5, 5.41) is 6.04. The molecule has 0 heterocycles. The second-order valence-corrected chi connectivity index (χ2v) is 14.4. The Morgan fingerprint density at radius 1 is 0.525 bits per heavy atom. The van der Waals surface area contributed by atoms with Crippen molar-refractivity contribution in [1.29, 1.82) is 0 Å². The molecule has 0 saturated carbocycles. The monoisotopic (exact) mass is 559 g/mol. The summed E-state index contributed by atoms with van der Waals surface area (Å²) in [6.45, 7) is 2.03. The van der Waals surface area contributed by atoms with Gasteiger partial charge >= 0.3 is 10.1 Å². The molecule has 0 spiro atoms. The van der Waals surface area contributed by atoms with Crippen molar-refractivity contribution in [2.45, 2.75) is 26.5 Å². The van der Waals surface area contributed by atoms with Gasteiger partial charge in [-0.1, -0.05) is 103 Å². The van der Waals surface area contributed by atoms with E-state index in [4.69, 9.17) is 3.29 Å². The molecule has 5 heteroatoms. The first kappa shape index (κ1) is 24.9. The van der Waals surface area contributed by atoms with E-state index < -0.39 is 20.4 Å². The Hall–Kier alpha value is -4.16. The van der Waals surface area contributed by atoms with E-state index in [1.165, 1.54) is 0 Å². The molecule has 1 atom stereocenters. The van der Waals surface area contributed by atoms with E-state index in [0.717, 1.165) is 52.6 Å². The molecule has 7 aromatic rings. The number of benzene rings is 7. The van der Waals surface area contributed by atoms with E-state index >= 15 is 0 Å². The summed E-state index contributed by atoms with van der Waals surface area (Å²) in [5.41, 5.74) is 1.11. The first-order valence-corrected chi connectivity index (χ1v) is 16.1. The smallest absolute Gasteiger partial charge is 0.241 e. The number of aryl methyl sites for hydroxylation is 1. The highest BCUT2D eigenvalue weighted by Crippen LogP contribution is 2.68. The molecule has 0 bridgehead atoms. The van der Waals surface area contributed by atoms with E-state index in [1.807, 2.05) is 116 Å². The Morgan fingerprint density at radius 3 is 1.62 bits per heavy atom. The van der Waals surface area contributed by atoms with E-state index in [-0.39, 0.29) is 4.90 Å². The molecule has 0 aromatic heterocycles. The average Bonchev–Trinajstić information content (AvgIpc) is 3.00. The maximum Gasteiger partial charge on any atom is 0.455 e. The van der Waals surface area contributed by atoms with Crippen LogP contribution in [-0.4, -0.2) is 8.76 Å². The molecule has 0 aliphatic heterocycles. The van der Waals surface area contributed by atoms with Gasteiger partial charge in [0.05, 0.1) is 14.7 Å². The highest BCUT2D eigenvalue weighted by atomic mass is 32.3. The normalized spacial score (nSPS) is 13.9. The van der Waals surface area contributed by atoms with Gasteiger partial charge in [0.15, 0.2) is 15.2 Å². The zero-order valence-electron chi connectivity index (χ0n) is 21.9. The Balaban J connectivity index is 1.60. The Morgan fingerprint density at radius 2 is 1.02 bits per heavy atom. The molecule has 40 heavy (non-hydrogen) atoms. The standard InChI is InChI=1S/C35H26O3S2/c1-25-15-21-31(22-16-25)39(29-11-4-2-5-12-29,30-13-6-3-7-14-30)38-40(36,37)33-24-20-28-18-17-26-9-8-10-27-19-23-32(33)35(28)34(26)27/h2-24H,1H3/p+1. The minimum atomic E-state index is -4.01.